The van der Waals surface area contributed by atoms with Gasteiger partial charge in [-0.1, -0.05) is 43.9 Å². The second kappa shape index (κ2) is 8.26. The van der Waals surface area contributed by atoms with Crippen molar-refractivity contribution in [1.29, 1.82) is 0 Å². The third-order valence-electron chi connectivity index (χ3n) is 3.69. The van der Waals surface area contributed by atoms with E-state index in [2.05, 4.69) is 17.4 Å². The number of hydrogen-bond acceptors (Lipinski definition) is 2. The number of hydrogen-bond donors (Lipinski definition) is 1. The van der Waals surface area contributed by atoms with Gasteiger partial charge in [0.05, 0.1) is 0 Å². The molecular weight excluding hydrogens is 254 g/mol. The van der Waals surface area contributed by atoms with Crippen LogP contribution in [0.5, 0.6) is 0 Å². The molecule has 1 aromatic rings. The molecule has 1 fully saturated rings. The smallest absolute Gasteiger partial charge is 0.220 e. The van der Waals surface area contributed by atoms with Gasteiger partial charge in [0.2, 0.25) is 5.91 Å². The predicted molar refractivity (Wildman–Crippen MR) is 81.4 cm³/mol. The number of rotatable bonds is 7. The number of thioether (sulfide) groups is 1. The van der Waals surface area contributed by atoms with E-state index < -0.39 is 0 Å². The molecule has 1 aliphatic carbocycles. The first-order valence-corrected chi connectivity index (χ1v) is 8.28. The van der Waals surface area contributed by atoms with Gasteiger partial charge in [0.25, 0.3) is 0 Å². The van der Waals surface area contributed by atoms with Crippen molar-refractivity contribution >= 4 is 17.7 Å². The third-order valence-corrected chi connectivity index (χ3v) is 4.70. The van der Waals surface area contributed by atoms with E-state index in [1.54, 1.807) is 11.8 Å². The largest absolute Gasteiger partial charge is 0.355 e. The van der Waals surface area contributed by atoms with E-state index in [1.807, 2.05) is 18.2 Å². The van der Waals surface area contributed by atoms with Crippen molar-refractivity contribution in [3.05, 3.63) is 30.3 Å². The summed E-state index contributed by atoms with van der Waals surface area (Å²) in [7, 11) is 0. The van der Waals surface area contributed by atoms with E-state index in [1.165, 1.54) is 30.6 Å². The molecule has 0 spiro atoms. The molecule has 2 rings (SSSR count). The lowest BCUT2D eigenvalue weighted by Gasteiger charge is -2.09. The summed E-state index contributed by atoms with van der Waals surface area (Å²) in [6.07, 6.45) is 7.17. The molecule has 0 radical (unpaired) electrons. The maximum atomic E-state index is 11.7. The molecule has 0 unspecified atom stereocenters. The summed E-state index contributed by atoms with van der Waals surface area (Å²) in [5.41, 5.74) is 0. The molecule has 3 heteroatoms. The lowest BCUT2D eigenvalue weighted by molar-refractivity contribution is -0.121. The molecule has 1 amide bonds. The molecule has 0 atom stereocenters. The fourth-order valence-electron chi connectivity index (χ4n) is 2.60. The molecule has 0 aromatic heterocycles. The minimum atomic E-state index is 0.223. The van der Waals surface area contributed by atoms with Gasteiger partial charge in [-0.05, 0) is 24.5 Å². The molecular formula is C16H23NOS. The molecule has 0 heterocycles. The average molecular weight is 277 g/mol. The van der Waals surface area contributed by atoms with Crippen LogP contribution in [0.15, 0.2) is 35.2 Å². The van der Waals surface area contributed by atoms with Gasteiger partial charge >= 0.3 is 0 Å². The Morgan fingerprint density at radius 3 is 2.68 bits per heavy atom. The lowest BCUT2D eigenvalue weighted by atomic mass is 10.0. The zero-order valence-electron chi connectivity index (χ0n) is 11.4. The number of amides is 1. The molecule has 19 heavy (non-hydrogen) atoms. The van der Waals surface area contributed by atoms with E-state index in [0.717, 1.165) is 24.6 Å². The maximum absolute atomic E-state index is 11.7. The minimum Gasteiger partial charge on any atom is -0.355 e. The highest BCUT2D eigenvalue weighted by atomic mass is 32.2. The summed E-state index contributed by atoms with van der Waals surface area (Å²) in [5, 5.41) is 3.02. The standard InChI is InChI=1S/C16H23NOS/c18-16(11-10-14-6-4-5-7-14)17-12-13-19-15-8-2-1-3-9-15/h1-3,8-9,14H,4-7,10-13H2,(H,17,18). The van der Waals surface area contributed by atoms with Crippen LogP contribution in [-0.2, 0) is 4.79 Å². The Morgan fingerprint density at radius 2 is 1.95 bits per heavy atom. The van der Waals surface area contributed by atoms with Crippen molar-refractivity contribution in [3.8, 4) is 0 Å². The SMILES string of the molecule is O=C(CCC1CCCC1)NCCSc1ccccc1. The van der Waals surface area contributed by atoms with Crippen molar-refractivity contribution in [2.75, 3.05) is 12.3 Å². The summed E-state index contributed by atoms with van der Waals surface area (Å²) >= 11 is 1.79. The summed E-state index contributed by atoms with van der Waals surface area (Å²) in [4.78, 5) is 13.0. The van der Waals surface area contributed by atoms with Crippen molar-refractivity contribution < 1.29 is 4.79 Å². The van der Waals surface area contributed by atoms with Crippen molar-refractivity contribution in [2.24, 2.45) is 5.92 Å². The minimum absolute atomic E-state index is 0.223. The van der Waals surface area contributed by atoms with Gasteiger partial charge in [-0.2, -0.15) is 0 Å². The fraction of sp³-hybridized carbons (Fsp3) is 0.562. The molecule has 0 aliphatic heterocycles. The fourth-order valence-corrected chi connectivity index (χ4v) is 3.39. The van der Waals surface area contributed by atoms with Crippen LogP contribution in [0, 0.1) is 5.92 Å². The first kappa shape index (κ1) is 14.4. The van der Waals surface area contributed by atoms with Gasteiger partial charge in [-0.15, -0.1) is 11.8 Å². The van der Waals surface area contributed by atoms with Gasteiger partial charge in [0.15, 0.2) is 0 Å². The molecule has 1 aromatic carbocycles. The zero-order chi connectivity index (χ0) is 13.3. The molecule has 1 saturated carbocycles. The van der Waals surface area contributed by atoms with E-state index in [0.29, 0.717) is 6.42 Å². The summed E-state index contributed by atoms with van der Waals surface area (Å²) in [6, 6.07) is 10.3. The van der Waals surface area contributed by atoms with Gasteiger partial charge in [0.1, 0.15) is 0 Å². The maximum Gasteiger partial charge on any atom is 0.220 e. The van der Waals surface area contributed by atoms with Gasteiger partial charge in [-0.3, -0.25) is 4.79 Å². The summed E-state index contributed by atoms with van der Waals surface area (Å²) < 4.78 is 0. The molecule has 1 N–H and O–H groups in total. The van der Waals surface area contributed by atoms with Crippen LogP contribution >= 0.6 is 11.8 Å². The van der Waals surface area contributed by atoms with Crippen molar-refractivity contribution in [3.63, 3.8) is 0 Å². The number of carbonyl (C=O) groups is 1. The summed E-state index contributed by atoms with van der Waals surface area (Å²) in [6.45, 7) is 0.767. The number of carbonyl (C=O) groups excluding carboxylic acids is 1. The predicted octanol–water partition coefficient (Wildman–Crippen LogP) is 3.87. The molecule has 104 valence electrons. The van der Waals surface area contributed by atoms with Crippen LogP contribution in [0.2, 0.25) is 0 Å². The van der Waals surface area contributed by atoms with Crippen LogP contribution in [0.3, 0.4) is 0 Å². The van der Waals surface area contributed by atoms with Gasteiger partial charge < -0.3 is 5.32 Å². The second-order valence-electron chi connectivity index (χ2n) is 5.20. The Balaban J connectivity index is 1.51. The third kappa shape index (κ3) is 5.68. The van der Waals surface area contributed by atoms with Crippen LogP contribution in [-0.4, -0.2) is 18.2 Å². The van der Waals surface area contributed by atoms with Crippen LogP contribution < -0.4 is 5.32 Å². The van der Waals surface area contributed by atoms with Gasteiger partial charge in [-0.25, -0.2) is 0 Å². The van der Waals surface area contributed by atoms with Gasteiger partial charge in [0, 0.05) is 23.6 Å². The zero-order valence-corrected chi connectivity index (χ0v) is 12.3. The Labute approximate surface area is 120 Å². The Kier molecular flexibility index (Phi) is 6.28. The van der Waals surface area contributed by atoms with Crippen LogP contribution in [0.4, 0.5) is 0 Å². The number of benzene rings is 1. The molecule has 1 aliphatic rings. The van der Waals surface area contributed by atoms with E-state index in [9.17, 15) is 4.79 Å². The molecule has 2 nitrogen and oxygen atoms in total. The van der Waals surface area contributed by atoms with E-state index >= 15 is 0 Å². The topological polar surface area (TPSA) is 29.1 Å². The highest BCUT2D eigenvalue weighted by molar-refractivity contribution is 7.99. The average Bonchev–Trinajstić information content (AvgIpc) is 2.96. The summed E-state index contributed by atoms with van der Waals surface area (Å²) in [5.74, 6) is 1.98. The first-order valence-electron chi connectivity index (χ1n) is 7.29. The van der Waals surface area contributed by atoms with E-state index in [4.69, 9.17) is 0 Å². The first-order chi connectivity index (χ1) is 9.34. The second-order valence-corrected chi connectivity index (χ2v) is 6.37. The quantitative estimate of drug-likeness (QED) is 0.605. The number of nitrogens with one attached hydrogen (secondary N) is 1. The molecule has 0 bridgehead atoms. The normalized spacial score (nSPS) is 15.6. The highest BCUT2D eigenvalue weighted by Crippen LogP contribution is 2.28. The lowest BCUT2D eigenvalue weighted by Crippen LogP contribution is -2.25. The highest BCUT2D eigenvalue weighted by Gasteiger charge is 2.15. The molecule has 0 saturated heterocycles. The monoisotopic (exact) mass is 277 g/mol. The van der Waals surface area contributed by atoms with Crippen molar-refractivity contribution in [1.82, 2.24) is 5.32 Å². The Hall–Kier alpha value is -0.960. The van der Waals surface area contributed by atoms with Crippen LogP contribution in [0.1, 0.15) is 38.5 Å². The Bertz CT molecular complexity index is 374. The van der Waals surface area contributed by atoms with Crippen LogP contribution in [0.25, 0.3) is 0 Å². The Morgan fingerprint density at radius 1 is 1.21 bits per heavy atom. The van der Waals surface area contributed by atoms with Crippen molar-refractivity contribution in [2.45, 2.75) is 43.4 Å². The van der Waals surface area contributed by atoms with E-state index in [-0.39, 0.29) is 5.91 Å².